The van der Waals surface area contributed by atoms with E-state index in [1.165, 1.54) is 0 Å². The fraction of sp³-hybridized carbons (Fsp3) is 0.818. The van der Waals surface area contributed by atoms with Gasteiger partial charge in [-0.2, -0.15) is 0 Å². The highest BCUT2D eigenvalue weighted by atomic mass is 16.5. The van der Waals surface area contributed by atoms with Gasteiger partial charge in [0, 0.05) is 26.4 Å². The Labute approximate surface area is 90.6 Å². The Balaban J connectivity index is 2.25. The summed E-state index contributed by atoms with van der Waals surface area (Å²) in [6.07, 6.45) is 2.33. The van der Waals surface area contributed by atoms with Crippen molar-refractivity contribution in [1.29, 1.82) is 0 Å². The molecule has 0 aromatic rings. The molecule has 1 saturated heterocycles. The number of hydrogen-bond acceptors (Lipinski definition) is 3. The molecule has 0 aromatic carbocycles. The maximum absolute atomic E-state index is 11.2. The molecule has 1 rings (SSSR count). The molecule has 1 aliphatic heterocycles. The van der Waals surface area contributed by atoms with E-state index in [0.717, 1.165) is 25.9 Å². The number of carbonyl (C=O) groups excluding carboxylic acids is 2. The Morgan fingerprint density at radius 3 is 2.40 bits per heavy atom. The van der Waals surface area contributed by atoms with Gasteiger partial charge >= 0.3 is 5.97 Å². The number of esters is 1. The second-order valence-corrected chi connectivity index (χ2v) is 3.96. The van der Waals surface area contributed by atoms with Crippen molar-refractivity contribution < 1.29 is 14.3 Å². The molecule has 0 aromatic heterocycles. The van der Waals surface area contributed by atoms with E-state index in [9.17, 15) is 9.59 Å². The highest BCUT2D eigenvalue weighted by Gasteiger charge is 2.22. The third-order valence-electron chi connectivity index (χ3n) is 2.82. The van der Waals surface area contributed by atoms with Gasteiger partial charge < -0.3 is 9.64 Å². The zero-order valence-electron chi connectivity index (χ0n) is 9.49. The minimum absolute atomic E-state index is 0.112. The molecule has 0 radical (unpaired) electrons. The molecular weight excluding hydrogens is 194 g/mol. The van der Waals surface area contributed by atoms with Gasteiger partial charge in [0.1, 0.15) is 0 Å². The average molecular weight is 213 g/mol. The number of likely N-dealkylation sites (tertiary alicyclic amines) is 1. The number of ether oxygens (including phenoxy) is 1. The Hall–Kier alpha value is -1.06. The Bertz CT molecular complexity index is 232. The first kappa shape index (κ1) is 12.0. The number of carbonyl (C=O) groups is 2. The molecule has 0 spiro atoms. The van der Waals surface area contributed by atoms with Crippen LogP contribution in [0.5, 0.6) is 0 Å². The zero-order valence-corrected chi connectivity index (χ0v) is 9.49. The lowest BCUT2D eigenvalue weighted by Gasteiger charge is -2.30. The summed E-state index contributed by atoms with van der Waals surface area (Å²) in [5.74, 6) is 0.406. The van der Waals surface area contributed by atoms with Crippen LogP contribution in [0.4, 0.5) is 0 Å². The van der Waals surface area contributed by atoms with Crippen molar-refractivity contribution in [3.05, 3.63) is 0 Å². The summed E-state index contributed by atoms with van der Waals surface area (Å²) in [6.45, 7) is 5.41. The Kier molecular flexibility index (Phi) is 4.59. The normalized spacial score (nSPS) is 17.6. The van der Waals surface area contributed by atoms with Crippen LogP contribution in [0.2, 0.25) is 0 Å². The lowest BCUT2D eigenvalue weighted by Crippen LogP contribution is -2.37. The Morgan fingerprint density at radius 1 is 1.33 bits per heavy atom. The highest BCUT2D eigenvalue weighted by Crippen LogP contribution is 2.20. The topological polar surface area (TPSA) is 46.6 Å². The lowest BCUT2D eigenvalue weighted by atomic mass is 9.93. The molecule has 0 N–H and O–H groups in total. The fourth-order valence-electron chi connectivity index (χ4n) is 1.91. The minimum atomic E-state index is -0.112. The van der Waals surface area contributed by atoms with Crippen molar-refractivity contribution in [1.82, 2.24) is 4.90 Å². The maximum atomic E-state index is 11.2. The minimum Gasteiger partial charge on any atom is -0.466 e. The van der Waals surface area contributed by atoms with E-state index in [-0.39, 0.29) is 11.9 Å². The molecule has 86 valence electrons. The van der Waals surface area contributed by atoms with E-state index in [0.29, 0.717) is 18.9 Å². The zero-order chi connectivity index (χ0) is 11.3. The van der Waals surface area contributed by atoms with E-state index in [1.807, 2.05) is 11.8 Å². The van der Waals surface area contributed by atoms with E-state index in [4.69, 9.17) is 4.74 Å². The van der Waals surface area contributed by atoms with Crippen LogP contribution in [0.15, 0.2) is 0 Å². The first-order chi connectivity index (χ1) is 7.13. The summed E-state index contributed by atoms with van der Waals surface area (Å²) in [5.41, 5.74) is 0. The van der Waals surface area contributed by atoms with E-state index in [1.54, 1.807) is 6.92 Å². The molecule has 0 unspecified atom stereocenters. The van der Waals surface area contributed by atoms with Gasteiger partial charge in [0.2, 0.25) is 5.91 Å². The monoisotopic (exact) mass is 213 g/mol. The smallest absolute Gasteiger partial charge is 0.306 e. The lowest BCUT2D eigenvalue weighted by molar-refractivity contribution is -0.144. The molecule has 4 heteroatoms. The van der Waals surface area contributed by atoms with Gasteiger partial charge in [0.25, 0.3) is 0 Å². The standard InChI is InChI=1S/C11H19NO3/c1-3-15-11(14)8-10-4-6-12(7-5-10)9(2)13/h10H,3-8H2,1-2H3. The predicted octanol–water partition coefficient (Wildman–Crippen LogP) is 1.20. The van der Waals surface area contributed by atoms with Crippen LogP contribution in [-0.4, -0.2) is 36.5 Å². The molecule has 1 fully saturated rings. The summed E-state index contributed by atoms with van der Waals surface area (Å²) in [5, 5.41) is 0. The van der Waals surface area contributed by atoms with Crippen molar-refractivity contribution in [2.75, 3.05) is 19.7 Å². The molecule has 4 nitrogen and oxygen atoms in total. The van der Waals surface area contributed by atoms with Crippen molar-refractivity contribution >= 4 is 11.9 Å². The van der Waals surface area contributed by atoms with Crippen molar-refractivity contribution in [3.8, 4) is 0 Å². The molecule has 1 heterocycles. The van der Waals surface area contributed by atoms with Gasteiger partial charge in [-0.1, -0.05) is 0 Å². The van der Waals surface area contributed by atoms with Crippen LogP contribution in [0.3, 0.4) is 0 Å². The number of nitrogens with zero attached hydrogens (tertiary/aromatic N) is 1. The SMILES string of the molecule is CCOC(=O)CC1CCN(C(C)=O)CC1. The summed E-state index contributed by atoms with van der Waals surface area (Å²) >= 11 is 0. The summed E-state index contributed by atoms with van der Waals surface area (Å²) < 4.78 is 4.90. The van der Waals surface area contributed by atoms with Gasteiger partial charge in [0.05, 0.1) is 6.61 Å². The van der Waals surface area contributed by atoms with Crippen LogP contribution >= 0.6 is 0 Å². The van der Waals surface area contributed by atoms with Crippen molar-refractivity contribution in [2.45, 2.75) is 33.1 Å². The van der Waals surface area contributed by atoms with Crippen molar-refractivity contribution in [3.63, 3.8) is 0 Å². The van der Waals surface area contributed by atoms with Crippen LogP contribution in [0.25, 0.3) is 0 Å². The molecular formula is C11H19NO3. The van der Waals surface area contributed by atoms with Gasteiger partial charge in [-0.25, -0.2) is 0 Å². The number of amides is 1. The van der Waals surface area contributed by atoms with Gasteiger partial charge in [0.15, 0.2) is 0 Å². The van der Waals surface area contributed by atoms with Gasteiger partial charge in [-0.3, -0.25) is 9.59 Å². The maximum Gasteiger partial charge on any atom is 0.306 e. The number of rotatable bonds is 3. The van der Waals surface area contributed by atoms with E-state index < -0.39 is 0 Å². The van der Waals surface area contributed by atoms with Crippen LogP contribution in [-0.2, 0) is 14.3 Å². The molecule has 1 aliphatic rings. The first-order valence-corrected chi connectivity index (χ1v) is 5.54. The molecule has 15 heavy (non-hydrogen) atoms. The second-order valence-electron chi connectivity index (χ2n) is 3.96. The van der Waals surface area contributed by atoms with E-state index in [2.05, 4.69) is 0 Å². The largest absolute Gasteiger partial charge is 0.466 e. The van der Waals surface area contributed by atoms with Crippen LogP contribution in [0.1, 0.15) is 33.1 Å². The molecule has 1 amide bonds. The highest BCUT2D eigenvalue weighted by molar-refractivity contribution is 5.73. The summed E-state index contributed by atoms with van der Waals surface area (Å²) in [4.78, 5) is 24.1. The number of piperidine rings is 1. The summed E-state index contributed by atoms with van der Waals surface area (Å²) in [7, 11) is 0. The van der Waals surface area contributed by atoms with Gasteiger partial charge in [-0.05, 0) is 25.7 Å². The third kappa shape index (κ3) is 3.90. The average Bonchev–Trinajstić information content (AvgIpc) is 2.18. The third-order valence-corrected chi connectivity index (χ3v) is 2.82. The number of hydrogen-bond donors (Lipinski definition) is 0. The van der Waals surface area contributed by atoms with Crippen LogP contribution in [0, 0.1) is 5.92 Å². The first-order valence-electron chi connectivity index (χ1n) is 5.54. The predicted molar refractivity (Wildman–Crippen MR) is 56.2 cm³/mol. The second kappa shape index (κ2) is 5.73. The molecule has 0 saturated carbocycles. The summed E-state index contributed by atoms with van der Waals surface area (Å²) in [6, 6.07) is 0. The molecule has 0 aliphatic carbocycles. The Morgan fingerprint density at radius 2 is 1.93 bits per heavy atom. The quantitative estimate of drug-likeness (QED) is 0.662. The molecule has 0 bridgehead atoms. The van der Waals surface area contributed by atoms with E-state index >= 15 is 0 Å². The van der Waals surface area contributed by atoms with Gasteiger partial charge in [-0.15, -0.1) is 0 Å². The van der Waals surface area contributed by atoms with Crippen molar-refractivity contribution in [2.24, 2.45) is 5.92 Å². The molecule has 0 atom stereocenters. The fourth-order valence-corrected chi connectivity index (χ4v) is 1.91. The van der Waals surface area contributed by atoms with Crippen LogP contribution < -0.4 is 0 Å².